The van der Waals surface area contributed by atoms with Crippen molar-refractivity contribution in [2.24, 2.45) is 0 Å². The molecule has 104 valence electrons. The van der Waals surface area contributed by atoms with Gasteiger partial charge in [-0.2, -0.15) is 0 Å². The van der Waals surface area contributed by atoms with Crippen molar-refractivity contribution in [3.63, 3.8) is 0 Å². The number of halogens is 1. The Kier molecular flexibility index (Phi) is 4.37. The zero-order chi connectivity index (χ0) is 13.8. The average Bonchev–Trinajstić information content (AvgIpc) is 2.39. The fourth-order valence-corrected chi connectivity index (χ4v) is 2.42. The van der Waals surface area contributed by atoms with Crippen LogP contribution in [0, 0.1) is 5.82 Å². The Morgan fingerprint density at radius 3 is 2.74 bits per heavy atom. The quantitative estimate of drug-likeness (QED) is 0.876. The smallest absolute Gasteiger partial charge is 0.256 e. The minimum absolute atomic E-state index is 0.0275. The normalized spacial score (nSPS) is 16.6. The lowest BCUT2D eigenvalue weighted by molar-refractivity contribution is 0.0701. The van der Waals surface area contributed by atoms with Crippen molar-refractivity contribution in [3.05, 3.63) is 29.6 Å². The van der Waals surface area contributed by atoms with Gasteiger partial charge in [0.1, 0.15) is 11.6 Å². The summed E-state index contributed by atoms with van der Waals surface area (Å²) in [5.41, 5.74) is 0.0275. The van der Waals surface area contributed by atoms with E-state index in [4.69, 9.17) is 5.11 Å². The summed E-state index contributed by atoms with van der Waals surface area (Å²) < 4.78 is 13.6. The van der Waals surface area contributed by atoms with Crippen LogP contribution in [0.25, 0.3) is 0 Å². The molecular formula is C14H19FN2O2. The van der Waals surface area contributed by atoms with Crippen LogP contribution < -0.4 is 5.32 Å². The van der Waals surface area contributed by atoms with Crippen LogP contribution in [0.4, 0.5) is 4.39 Å². The highest BCUT2D eigenvalue weighted by molar-refractivity contribution is 5.94. The third-order valence-corrected chi connectivity index (χ3v) is 3.46. The van der Waals surface area contributed by atoms with Gasteiger partial charge in [-0.1, -0.05) is 6.92 Å². The van der Waals surface area contributed by atoms with E-state index in [1.165, 1.54) is 12.1 Å². The molecule has 0 spiro atoms. The molecule has 1 fully saturated rings. The Bertz CT molecular complexity index is 457. The van der Waals surface area contributed by atoms with Gasteiger partial charge in [-0.15, -0.1) is 0 Å². The molecule has 2 rings (SSSR count). The van der Waals surface area contributed by atoms with E-state index in [2.05, 4.69) is 12.2 Å². The minimum Gasteiger partial charge on any atom is -0.508 e. The molecule has 0 saturated carbocycles. The van der Waals surface area contributed by atoms with E-state index in [0.717, 1.165) is 25.5 Å². The van der Waals surface area contributed by atoms with Gasteiger partial charge < -0.3 is 15.3 Å². The summed E-state index contributed by atoms with van der Waals surface area (Å²) in [5.74, 6) is -1.13. The van der Waals surface area contributed by atoms with Crippen molar-refractivity contribution in [2.75, 3.05) is 19.6 Å². The minimum atomic E-state index is -0.668. The van der Waals surface area contributed by atoms with Gasteiger partial charge in [0, 0.05) is 25.2 Å². The van der Waals surface area contributed by atoms with Crippen molar-refractivity contribution in [1.29, 1.82) is 0 Å². The molecule has 5 heteroatoms. The monoisotopic (exact) mass is 266 g/mol. The summed E-state index contributed by atoms with van der Waals surface area (Å²) in [6.07, 6.45) is 1.78. The molecular weight excluding hydrogens is 247 g/mol. The van der Waals surface area contributed by atoms with E-state index in [1.54, 1.807) is 4.90 Å². The number of carbonyl (C=O) groups excluding carboxylic acids is 1. The highest BCUT2D eigenvalue weighted by Crippen LogP contribution is 2.19. The molecule has 1 amide bonds. The molecule has 1 saturated heterocycles. The van der Waals surface area contributed by atoms with Crippen LogP contribution in [0.5, 0.6) is 5.75 Å². The fraction of sp³-hybridized carbons (Fsp3) is 0.500. The van der Waals surface area contributed by atoms with Crippen molar-refractivity contribution >= 4 is 5.91 Å². The second kappa shape index (κ2) is 6.02. The lowest BCUT2D eigenvalue weighted by Gasteiger charge is -2.32. The van der Waals surface area contributed by atoms with Gasteiger partial charge in [0.2, 0.25) is 0 Å². The SMILES string of the molecule is CCNC1CCN(C(=O)c2ccc(O)cc2F)CC1. The first-order chi connectivity index (χ1) is 9.11. The highest BCUT2D eigenvalue weighted by Gasteiger charge is 2.24. The van der Waals surface area contributed by atoms with E-state index in [0.29, 0.717) is 19.1 Å². The third-order valence-electron chi connectivity index (χ3n) is 3.46. The lowest BCUT2D eigenvalue weighted by atomic mass is 10.0. The summed E-state index contributed by atoms with van der Waals surface area (Å²) in [4.78, 5) is 13.9. The predicted molar refractivity (Wildman–Crippen MR) is 70.7 cm³/mol. The van der Waals surface area contributed by atoms with Crippen LogP contribution in [0.2, 0.25) is 0 Å². The van der Waals surface area contributed by atoms with Crippen LogP contribution in [-0.4, -0.2) is 41.6 Å². The van der Waals surface area contributed by atoms with E-state index < -0.39 is 5.82 Å². The number of phenolic OH excluding ortho intramolecular Hbond substituents is 1. The van der Waals surface area contributed by atoms with Crippen LogP contribution in [-0.2, 0) is 0 Å². The van der Waals surface area contributed by atoms with Gasteiger partial charge >= 0.3 is 0 Å². The summed E-state index contributed by atoms with van der Waals surface area (Å²) in [5, 5.41) is 12.5. The molecule has 1 heterocycles. The maximum absolute atomic E-state index is 13.6. The second-order valence-corrected chi connectivity index (χ2v) is 4.79. The van der Waals surface area contributed by atoms with Crippen molar-refractivity contribution in [1.82, 2.24) is 10.2 Å². The molecule has 1 aliphatic rings. The van der Waals surface area contributed by atoms with Crippen molar-refractivity contribution < 1.29 is 14.3 Å². The lowest BCUT2D eigenvalue weighted by Crippen LogP contribution is -2.45. The van der Waals surface area contributed by atoms with Gasteiger partial charge in [-0.05, 0) is 31.5 Å². The number of amides is 1. The van der Waals surface area contributed by atoms with Crippen LogP contribution >= 0.6 is 0 Å². The van der Waals surface area contributed by atoms with E-state index in [-0.39, 0.29) is 17.2 Å². The van der Waals surface area contributed by atoms with Crippen LogP contribution in [0.1, 0.15) is 30.1 Å². The van der Waals surface area contributed by atoms with Crippen LogP contribution in [0.3, 0.4) is 0 Å². The van der Waals surface area contributed by atoms with Gasteiger partial charge in [-0.3, -0.25) is 4.79 Å². The Hall–Kier alpha value is -1.62. The Balaban J connectivity index is 2.01. The zero-order valence-corrected chi connectivity index (χ0v) is 11.0. The number of carbonyl (C=O) groups is 1. The number of piperidine rings is 1. The number of nitrogens with one attached hydrogen (secondary N) is 1. The number of phenols is 1. The van der Waals surface area contributed by atoms with Crippen molar-refractivity contribution in [2.45, 2.75) is 25.8 Å². The third kappa shape index (κ3) is 3.23. The van der Waals surface area contributed by atoms with Crippen molar-refractivity contribution in [3.8, 4) is 5.75 Å². The first-order valence-electron chi connectivity index (χ1n) is 6.63. The molecule has 0 aliphatic carbocycles. The Morgan fingerprint density at radius 1 is 1.47 bits per heavy atom. The zero-order valence-electron chi connectivity index (χ0n) is 11.0. The molecule has 4 nitrogen and oxygen atoms in total. The average molecular weight is 266 g/mol. The number of rotatable bonds is 3. The van der Waals surface area contributed by atoms with Gasteiger partial charge in [-0.25, -0.2) is 4.39 Å². The molecule has 0 unspecified atom stereocenters. The second-order valence-electron chi connectivity index (χ2n) is 4.79. The molecule has 19 heavy (non-hydrogen) atoms. The largest absolute Gasteiger partial charge is 0.508 e. The molecule has 1 aliphatic heterocycles. The molecule has 0 aromatic heterocycles. The standard InChI is InChI=1S/C14H19FN2O2/c1-2-16-10-5-7-17(8-6-10)14(19)12-4-3-11(18)9-13(12)15/h3-4,9-10,16,18H,2,5-8H2,1H3. The number of hydrogen-bond acceptors (Lipinski definition) is 3. The topological polar surface area (TPSA) is 52.6 Å². The van der Waals surface area contributed by atoms with Gasteiger partial charge in [0.25, 0.3) is 5.91 Å². The van der Waals surface area contributed by atoms with E-state index >= 15 is 0 Å². The predicted octanol–water partition coefficient (Wildman–Crippen LogP) is 1.75. The molecule has 2 N–H and O–H groups in total. The molecule has 0 bridgehead atoms. The maximum Gasteiger partial charge on any atom is 0.256 e. The van der Waals surface area contributed by atoms with Crippen LogP contribution in [0.15, 0.2) is 18.2 Å². The Labute approximate surface area is 112 Å². The first-order valence-corrected chi connectivity index (χ1v) is 6.63. The highest BCUT2D eigenvalue weighted by atomic mass is 19.1. The number of aromatic hydroxyl groups is 1. The van der Waals surface area contributed by atoms with Gasteiger partial charge in [0.05, 0.1) is 5.56 Å². The number of hydrogen-bond donors (Lipinski definition) is 2. The summed E-state index contributed by atoms with van der Waals surface area (Å²) in [6, 6.07) is 4.09. The number of benzene rings is 1. The van der Waals surface area contributed by atoms with Gasteiger partial charge in [0.15, 0.2) is 0 Å². The first kappa shape index (κ1) is 13.8. The fourth-order valence-electron chi connectivity index (χ4n) is 2.42. The molecule has 1 aromatic carbocycles. The van der Waals surface area contributed by atoms with E-state index in [1.807, 2.05) is 0 Å². The maximum atomic E-state index is 13.6. The molecule has 0 atom stereocenters. The molecule has 1 aromatic rings. The number of likely N-dealkylation sites (tertiary alicyclic amines) is 1. The summed E-state index contributed by atoms with van der Waals surface area (Å²) in [6.45, 7) is 4.25. The Morgan fingerprint density at radius 2 is 2.16 bits per heavy atom. The molecule has 0 radical (unpaired) electrons. The summed E-state index contributed by atoms with van der Waals surface area (Å²) >= 11 is 0. The summed E-state index contributed by atoms with van der Waals surface area (Å²) in [7, 11) is 0. The number of nitrogens with zero attached hydrogens (tertiary/aromatic N) is 1. The van der Waals surface area contributed by atoms with E-state index in [9.17, 15) is 9.18 Å².